The second kappa shape index (κ2) is 6.77. The van der Waals surface area contributed by atoms with E-state index in [1.165, 1.54) is 6.21 Å². The molecule has 0 fully saturated rings. The number of benzene rings is 1. The first-order valence-corrected chi connectivity index (χ1v) is 7.58. The Kier molecular flexibility index (Phi) is 4.55. The van der Waals surface area contributed by atoms with E-state index in [0.29, 0.717) is 21.6 Å². The van der Waals surface area contributed by atoms with Crippen LogP contribution in [0.25, 0.3) is 11.3 Å². The number of hydrogen-bond acceptors (Lipinski definition) is 4. The number of hydrogen-bond donors (Lipinski definition) is 2. The summed E-state index contributed by atoms with van der Waals surface area (Å²) in [7, 11) is 0. The molecule has 0 saturated heterocycles. The maximum absolute atomic E-state index is 7.16. The first-order chi connectivity index (χ1) is 11.2. The Balaban J connectivity index is 2.16. The molecular formula is C17H12Cl2N4. The zero-order chi connectivity index (χ0) is 16.2. The molecule has 3 rings (SSSR count). The molecule has 2 N–H and O–H groups in total. The average molecular weight is 343 g/mol. The zero-order valence-corrected chi connectivity index (χ0v) is 13.4. The summed E-state index contributed by atoms with van der Waals surface area (Å²) in [5.74, 6) is 0.587. The van der Waals surface area contributed by atoms with Crippen molar-refractivity contribution < 1.29 is 0 Å². The lowest BCUT2D eigenvalue weighted by molar-refractivity contribution is 1.02. The van der Waals surface area contributed by atoms with Gasteiger partial charge in [0.15, 0.2) is 0 Å². The van der Waals surface area contributed by atoms with E-state index in [2.05, 4.69) is 15.3 Å². The maximum atomic E-state index is 7.16. The molecule has 4 nitrogen and oxygen atoms in total. The molecule has 114 valence electrons. The molecule has 0 unspecified atom stereocenters. The number of nitrogens with zero attached hydrogens (tertiary/aromatic N) is 2. The number of nitrogens with one attached hydrogen (secondary N) is 2. The van der Waals surface area contributed by atoms with Crippen molar-refractivity contribution in [1.82, 2.24) is 10.3 Å². The van der Waals surface area contributed by atoms with E-state index in [9.17, 15) is 0 Å². The fourth-order valence-corrected chi connectivity index (χ4v) is 2.60. The van der Waals surface area contributed by atoms with Gasteiger partial charge in [0.05, 0.1) is 16.4 Å². The second-order valence-electron chi connectivity index (χ2n) is 4.72. The molecule has 0 atom stereocenters. The third kappa shape index (κ3) is 3.33. The first kappa shape index (κ1) is 15.5. The van der Waals surface area contributed by atoms with Gasteiger partial charge in [0, 0.05) is 34.8 Å². The highest BCUT2D eigenvalue weighted by Gasteiger charge is 2.15. The third-order valence-corrected chi connectivity index (χ3v) is 3.79. The smallest absolute Gasteiger partial charge is 0.132 e. The van der Waals surface area contributed by atoms with Gasteiger partial charge in [0.25, 0.3) is 0 Å². The summed E-state index contributed by atoms with van der Waals surface area (Å²) in [5, 5.41) is 11.3. The van der Waals surface area contributed by atoms with Gasteiger partial charge in [-0.05, 0) is 42.5 Å². The van der Waals surface area contributed by atoms with Gasteiger partial charge < -0.3 is 10.7 Å². The highest BCUT2D eigenvalue weighted by Crippen LogP contribution is 2.32. The minimum atomic E-state index is 0.572. The monoisotopic (exact) mass is 342 g/mol. The van der Waals surface area contributed by atoms with Crippen molar-refractivity contribution in [3.63, 3.8) is 0 Å². The molecule has 6 heteroatoms. The fourth-order valence-electron chi connectivity index (χ4n) is 2.23. The van der Waals surface area contributed by atoms with Gasteiger partial charge in [-0.15, -0.1) is 0 Å². The van der Waals surface area contributed by atoms with Crippen molar-refractivity contribution in [1.29, 1.82) is 5.41 Å². The molecule has 1 aliphatic heterocycles. The Labute approximate surface area is 143 Å². The summed E-state index contributed by atoms with van der Waals surface area (Å²) >= 11 is 12.4. The van der Waals surface area contributed by atoms with Crippen molar-refractivity contribution in [3.8, 4) is 11.3 Å². The third-order valence-electron chi connectivity index (χ3n) is 3.22. The van der Waals surface area contributed by atoms with Crippen LogP contribution in [-0.2, 0) is 0 Å². The molecule has 1 aromatic carbocycles. The number of aromatic nitrogens is 1. The number of allylic oxidation sites excluding steroid dienone is 2. The van der Waals surface area contributed by atoms with Crippen LogP contribution in [0.15, 0.2) is 65.7 Å². The van der Waals surface area contributed by atoms with Crippen LogP contribution in [-0.4, -0.2) is 16.9 Å². The molecule has 0 spiro atoms. The summed E-state index contributed by atoms with van der Waals surface area (Å²) in [6.45, 7) is 0. The summed E-state index contributed by atoms with van der Waals surface area (Å²) in [5.41, 5.74) is 3.03. The van der Waals surface area contributed by atoms with Gasteiger partial charge in [-0.1, -0.05) is 23.2 Å². The van der Waals surface area contributed by atoms with E-state index in [1.54, 1.807) is 36.7 Å². The zero-order valence-electron chi connectivity index (χ0n) is 11.9. The molecule has 0 aliphatic carbocycles. The summed E-state index contributed by atoms with van der Waals surface area (Å²) in [6, 6.07) is 9.04. The quantitative estimate of drug-likeness (QED) is 0.809. The van der Waals surface area contributed by atoms with Gasteiger partial charge in [-0.2, -0.15) is 0 Å². The van der Waals surface area contributed by atoms with Crippen LogP contribution >= 0.6 is 23.2 Å². The van der Waals surface area contributed by atoms with Crippen molar-refractivity contribution in [3.05, 3.63) is 76.3 Å². The van der Waals surface area contributed by atoms with Gasteiger partial charge in [0.2, 0.25) is 0 Å². The molecular weight excluding hydrogens is 331 g/mol. The molecule has 1 aliphatic rings. The van der Waals surface area contributed by atoms with E-state index >= 15 is 0 Å². The van der Waals surface area contributed by atoms with Gasteiger partial charge in [-0.25, -0.2) is 4.99 Å². The standard InChI is InChI=1S/C17H12Cl2N4/c18-11-3-4-14(19)13(10-11)17-12(2-1-8-22-17)15-6-9-21-16(23-15)5-7-20/h1-10,20-21H/b16-5+,20-7?. The van der Waals surface area contributed by atoms with Crippen LogP contribution in [0, 0.1) is 5.41 Å². The molecule has 0 amide bonds. The highest BCUT2D eigenvalue weighted by atomic mass is 35.5. The Hall–Kier alpha value is -2.43. The van der Waals surface area contributed by atoms with Gasteiger partial charge in [0.1, 0.15) is 5.82 Å². The summed E-state index contributed by atoms with van der Waals surface area (Å²) in [4.78, 5) is 8.95. The lowest BCUT2D eigenvalue weighted by Gasteiger charge is -2.14. The van der Waals surface area contributed by atoms with Gasteiger partial charge >= 0.3 is 0 Å². The summed E-state index contributed by atoms with van der Waals surface area (Å²) < 4.78 is 0. The molecule has 2 heterocycles. The molecule has 0 radical (unpaired) electrons. The van der Waals surface area contributed by atoms with Crippen molar-refractivity contribution >= 4 is 35.1 Å². The predicted octanol–water partition coefficient (Wildman–Crippen LogP) is 4.45. The number of rotatable bonds is 3. The van der Waals surface area contributed by atoms with Crippen molar-refractivity contribution in [2.45, 2.75) is 0 Å². The SMILES string of the molecule is N=C/C=C1/N=C(c2cccnc2-c2cc(Cl)ccc2Cl)C=CN1. The predicted molar refractivity (Wildman–Crippen MR) is 95.4 cm³/mol. The van der Waals surface area contributed by atoms with Crippen LogP contribution in [0.1, 0.15) is 5.56 Å². The molecule has 0 bridgehead atoms. The van der Waals surface area contributed by atoms with E-state index in [0.717, 1.165) is 16.8 Å². The lowest BCUT2D eigenvalue weighted by atomic mass is 10.0. The lowest BCUT2D eigenvalue weighted by Crippen LogP contribution is -2.14. The minimum absolute atomic E-state index is 0.572. The van der Waals surface area contributed by atoms with E-state index < -0.39 is 0 Å². The van der Waals surface area contributed by atoms with Crippen LogP contribution in [0.3, 0.4) is 0 Å². The van der Waals surface area contributed by atoms with Gasteiger partial charge in [-0.3, -0.25) is 4.98 Å². The largest absolute Gasteiger partial charge is 0.347 e. The first-order valence-electron chi connectivity index (χ1n) is 6.82. The van der Waals surface area contributed by atoms with E-state index in [1.807, 2.05) is 18.2 Å². The Morgan fingerprint density at radius 3 is 2.83 bits per heavy atom. The summed E-state index contributed by atoms with van der Waals surface area (Å²) in [6.07, 6.45) is 8.08. The topological polar surface area (TPSA) is 61.1 Å². The Bertz CT molecular complexity index is 853. The fraction of sp³-hybridized carbons (Fsp3) is 0. The maximum Gasteiger partial charge on any atom is 0.132 e. The molecule has 0 saturated carbocycles. The minimum Gasteiger partial charge on any atom is -0.347 e. The van der Waals surface area contributed by atoms with E-state index in [4.69, 9.17) is 28.6 Å². The van der Waals surface area contributed by atoms with Crippen molar-refractivity contribution in [2.24, 2.45) is 4.99 Å². The number of aliphatic imine (C=N–C) groups is 1. The van der Waals surface area contributed by atoms with Crippen LogP contribution in [0.4, 0.5) is 0 Å². The molecule has 2 aromatic rings. The van der Waals surface area contributed by atoms with Crippen LogP contribution in [0.5, 0.6) is 0 Å². The molecule has 23 heavy (non-hydrogen) atoms. The normalized spacial score (nSPS) is 15.2. The number of pyridine rings is 1. The van der Waals surface area contributed by atoms with Crippen molar-refractivity contribution in [2.75, 3.05) is 0 Å². The Morgan fingerprint density at radius 2 is 2.00 bits per heavy atom. The average Bonchev–Trinajstić information content (AvgIpc) is 2.58. The molecule has 1 aromatic heterocycles. The van der Waals surface area contributed by atoms with E-state index in [-0.39, 0.29) is 0 Å². The number of halogens is 2. The Morgan fingerprint density at radius 1 is 1.13 bits per heavy atom. The highest BCUT2D eigenvalue weighted by molar-refractivity contribution is 6.35. The second-order valence-corrected chi connectivity index (χ2v) is 5.56. The van der Waals surface area contributed by atoms with Crippen LogP contribution in [0.2, 0.25) is 10.0 Å². The van der Waals surface area contributed by atoms with Crippen LogP contribution < -0.4 is 5.32 Å².